The van der Waals surface area contributed by atoms with E-state index in [1.165, 1.54) is 5.56 Å². The van der Waals surface area contributed by atoms with E-state index in [0.29, 0.717) is 5.92 Å². The molecule has 0 amide bonds. The molecule has 2 aromatic rings. The van der Waals surface area contributed by atoms with Gasteiger partial charge < -0.3 is 10.1 Å². The van der Waals surface area contributed by atoms with E-state index in [1.54, 1.807) is 0 Å². The van der Waals surface area contributed by atoms with Gasteiger partial charge >= 0.3 is 0 Å². The van der Waals surface area contributed by atoms with E-state index in [0.717, 1.165) is 41.6 Å². The molecule has 0 aliphatic rings. The summed E-state index contributed by atoms with van der Waals surface area (Å²) in [6, 6.07) is 14.3. The lowest BCUT2D eigenvalue weighted by molar-refractivity contribution is 0.289. The van der Waals surface area contributed by atoms with Gasteiger partial charge in [-0.3, -0.25) is 0 Å². The number of hydrogen-bond acceptors (Lipinski definition) is 2. The number of benzene rings is 2. The van der Waals surface area contributed by atoms with Crippen LogP contribution in [0, 0.1) is 12.8 Å². The number of rotatable bonds is 7. The second-order valence-electron chi connectivity index (χ2n) is 5.99. The minimum Gasteiger partial charge on any atom is -0.494 e. The quantitative estimate of drug-likeness (QED) is 0.708. The van der Waals surface area contributed by atoms with Crippen LogP contribution in [0.3, 0.4) is 0 Å². The van der Waals surface area contributed by atoms with Gasteiger partial charge in [0.15, 0.2) is 0 Å². The Hall–Kier alpha value is -1.67. The molecule has 0 aromatic heterocycles. The third kappa shape index (κ3) is 5.27. The zero-order chi connectivity index (χ0) is 15.9. The first-order valence-electron chi connectivity index (χ1n) is 7.76. The van der Waals surface area contributed by atoms with E-state index in [-0.39, 0.29) is 0 Å². The maximum atomic E-state index is 6.13. The number of aryl methyl sites for hydroxylation is 1. The largest absolute Gasteiger partial charge is 0.494 e. The van der Waals surface area contributed by atoms with Crippen LogP contribution < -0.4 is 10.1 Å². The molecule has 0 unspecified atom stereocenters. The van der Waals surface area contributed by atoms with Gasteiger partial charge in [0.1, 0.15) is 5.75 Å². The van der Waals surface area contributed by atoms with Crippen molar-refractivity contribution < 1.29 is 4.74 Å². The van der Waals surface area contributed by atoms with Gasteiger partial charge in [0, 0.05) is 17.3 Å². The van der Waals surface area contributed by atoms with Crippen molar-refractivity contribution in [2.75, 3.05) is 11.9 Å². The Morgan fingerprint density at radius 3 is 2.45 bits per heavy atom. The van der Waals surface area contributed by atoms with Gasteiger partial charge in [0.05, 0.1) is 6.61 Å². The first-order chi connectivity index (χ1) is 10.5. The molecular weight excluding hydrogens is 294 g/mol. The topological polar surface area (TPSA) is 21.3 Å². The van der Waals surface area contributed by atoms with Crippen molar-refractivity contribution in [2.24, 2.45) is 5.92 Å². The summed E-state index contributed by atoms with van der Waals surface area (Å²) in [4.78, 5) is 0. The van der Waals surface area contributed by atoms with Crippen LogP contribution in [-0.2, 0) is 6.54 Å². The fourth-order valence-electron chi connectivity index (χ4n) is 2.02. The third-order valence-corrected chi connectivity index (χ3v) is 3.96. The van der Waals surface area contributed by atoms with E-state index < -0.39 is 0 Å². The second-order valence-corrected chi connectivity index (χ2v) is 6.40. The Morgan fingerprint density at radius 1 is 1.09 bits per heavy atom. The van der Waals surface area contributed by atoms with Crippen LogP contribution in [-0.4, -0.2) is 6.61 Å². The van der Waals surface area contributed by atoms with Gasteiger partial charge in [-0.15, -0.1) is 0 Å². The lowest BCUT2D eigenvalue weighted by Gasteiger charge is -2.10. The lowest BCUT2D eigenvalue weighted by Crippen LogP contribution is -2.02. The Labute approximate surface area is 138 Å². The van der Waals surface area contributed by atoms with Gasteiger partial charge in [0.25, 0.3) is 0 Å². The molecule has 0 saturated heterocycles. The number of halogens is 1. The molecule has 0 spiro atoms. The monoisotopic (exact) mass is 317 g/mol. The van der Waals surface area contributed by atoms with Gasteiger partial charge in [0.2, 0.25) is 0 Å². The van der Waals surface area contributed by atoms with Crippen LogP contribution in [0.4, 0.5) is 5.69 Å². The molecule has 0 heterocycles. The Morgan fingerprint density at radius 2 is 1.82 bits per heavy atom. The molecule has 0 bridgehead atoms. The van der Waals surface area contributed by atoms with Crippen LogP contribution in [0.2, 0.25) is 5.02 Å². The predicted octanol–water partition coefficient (Wildman–Crippen LogP) is 5.69. The highest BCUT2D eigenvalue weighted by Crippen LogP contribution is 2.21. The molecule has 0 radical (unpaired) electrons. The number of anilines is 1. The summed E-state index contributed by atoms with van der Waals surface area (Å²) < 4.78 is 5.73. The highest BCUT2D eigenvalue weighted by atomic mass is 35.5. The van der Waals surface area contributed by atoms with E-state index in [9.17, 15) is 0 Å². The SMILES string of the molecule is Cc1ccc(NCc2ccc(OCCC(C)C)cc2)cc1Cl. The van der Waals surface area contributed by atoms with Gasteiger partial charge in [-0.25, -0.2) is 0 Å². The van der Waals surface area contributed by atoms with Crippen molar-refractivity contribution in [3.05, 3.63) is 58.6 Å². The summed E-state index contributed by atoms with van der Waals surface area (Å²) in [5, 5.41) is 4.17. The number of hydrogen-bond donors (Lipinski definition) is 1. The van der Waals surface area contributed by atoms with Crippen molar-refractivity contribution in [1.29, 1.82) is 0 Å². The predicted molar refractivity (Wildman–Crippen MR) is 94.9 cm³/mol. The van der Waals surface area contributed by atoms with Gasteiger partial charge in [-0.2, -0.15) is 0 Å². The van der Waals surface area contributed by atoms with Crippen LogP contribution in [0.5, 0.6) is 5.75 Å². The van der Waals surface area contributed by atoms with Crippen molar-refractivity contribution in [1.82, 2.24) is 0 Å². The molecule has 2 rings (SSSR count). The summed E-state index contributed by atoms with van der Waals surface area (Å²) in [6.07, 6.45) is 1.08. The number of ether oxygens (including phenoxy) is 1. The average molecular weight is 318 g/mol. The molecule has 0 saturated carbocycles. The second kappa shape index (κ2) is 8.09. The average Bonchev–Trinajstić information content (AvgIpc) is 2.49. The van der Waals surface area contributed by atoms with Crippen LogP contribution >= 0.6 is 11.6 Å². The Bertz CT molecular complexity index is 593. The third-order valence-electron chi connectivity index (χ3n) is 3.56. The number of nitrogens with one attached hydrogen (secondary N) is 1. The van der Waals surface area contributed by atoms with Crippen LogP contribution in [0.25, 0.3) is 0 Å². The standard InChI is InChI=1S/C19H24ClNO/c1-14(2)10-11-22-18-8-5-16(6-9-18)13-21-17-7-4-15(3)19(20)12-17/h4-9,12,14,21H,10-11,13H2,1-3H3. The zero-order valence-corrected chi connectivity index (χ0v) is 14.3. The van der Waals surface area contributed by atoms with Gasteiger partial charge in [-0.1, -0.05) is 43.6 Å². The molecule has 1 N–H and O–H groups in total. The molecule has 0 aliphatic heterocycles. The van der Waals surface area contributed by atoms with Crippen molar-refractivity contribution >= 4 is 17.3 Å². The molecule has 118 valence electrons. The fraction of sp³-hybridized carbons (Fsp3) is 0.368. The summed E-state index contributed by atoms with van der Waals surface area (Å²) in [6.45, 7) is 7.96. The molecule has 22 heavy (non-hydrogen) atoms. The summed E-state index contributed by atoms with van der Waals surface area (Å²) in [5.74, 6) is 1.60. The Balaban J connectivity index is 1.84. The minimum atomic E-state index is 0.671. The van der Waals surface area contributed by atoms with Crippen LogP contribution in [0.15, 0.2) is 42.5 Å². The highest BCUT2D eigenvalue weighted by Gasteiger charge is 2.00. The summed E-state index contributed by atoms with van der Waals surface area (Å²) >= 11 is 6.13. The van der Waals surface area contributed by atoms with E-state index in [2.05, 4.69) is 31.3 Å². The molecular formula is C19H24ClNO. The summed E-state index contributed by atoms with van der Waals surface area (Å²) in [5.41, 5.74) is 3.34. The molecule has 0 fully saturated rings. The summed E-state index contributed by atoms with van der Waals surface area (Å²) in [7, 11) is 0. The molecule has 0 atom stereocenters. The fourth-order valence-corrected chi connectivity index (χ4v) is 2.20. The van der Waals surface area contributed by atoms with E-state index in [1.807, 2.05) is 37.3 Å². The van der Waals surface area contributed by atoms with Crippen molar-refractivity contribution in [3.8, 4) is 5.75 Å². The first-order valence-corrected chi connectivity index (χ1v) is 8.14. The molecule has 3 heteroatoms. The van der Waals surface area contributed by atoms with Crippen LogP contribution in [0.1, 0.15) is 31.4 Å². The van der Waals surface area contributed by atoms with E-state index >= 15 is 0 Å². The zero-order valence-electron chi connectivity index (χ0n) is 13.5. The van der Waals surface area contributed by atoms with Gasteiger partial charge in [-0.05, 0) is 54.7 Å². The molecule has 2 nitrogen and oxygen atoms in total. The molecule has 2 aromatic carbocycles. The normalized spacial score (nSPS) is 10.8. The Kier molecular flexibility index (Phi) is 6.14. The van der Waals surface area contributed by atoms with Crippen molar-refractivity contribution in [3.63, 3.8) is 0 Å². The smallest absolute Gasteiger partial charge is 0.119 e. The molecule has 0 aliphatic carbocycles. The maximum Gasteiger partial charge on any atom is 0.119 e. The maximum absolute atomic E-state index is 6.13. The van der Waals surface area contributed by atoms with Crippen molar-refractivity contribution in [2.45, 2.75) is 33.7 Å². The first kappa shape index (κ1) is 16.7. The lowest BCUT2D eigenvalue weighted by atomic mass is 10.1. The minimum absolute atomic E-state index is 0.671. The van der Waals surface area contributed by atoms with E-state index in [4.69, 9.17) is 16.3 Å². The highest BCUT2D eigenvalue weighted by molar-refractivity contribution is 6.31.